The third-order valence-corrected chi connectivity index (χ3v) is 7.02. The van der Waals surface area contributed by atoms with E-state index in [0.29, 0.717) is 39.3 Å². The normalized spacial score (nSPS) is 20.1. The van der Waals surface area contributed by atoms with Crippen LogP contribution in [0, 0.1) is 6.92 Å². The van der Waals surface area contributed by atoms with Crippen molar-refractivity contribution in [3.05, 3.63) is 44.7 Å². The van der Waals surface area contributed by atoms with E-state index >= 15 is 0 Å². The molecule has 1 atom stereocenters. The van der Waals surface area contributed by atoms with Crippen molar-refractivity contribution in [3.8, 4) is 0 Å². The van der Waals surface area contributed by atoms with Crippen molar-refractivity contribution in [2.24, 2.45) is 0 Å². The number of unbranched alkanes of at least 4 members (excludes halogenated alkanes) is 2. The number of hydrogen-bond acceptors (Lipinski definition) is 7. The monoisotopic (exact) mass is 472 g/mol. The number of aromatic nitrogens is 2. The maximum atomic E-state index is 13.4. The van der Waals surface area contributed by atoms with Gasteiger partial charge < -0.3 is 10.1 Å². The third kappa shape index (κ3) is 4.89. The summed E-state index contributed by atoms with van der Waals surface area (Å²) in [5.74, 6) is 0.320. The van der Waals surface area contributed by atoms with Gasteiger partial charge in [0.15, 0.2) is 0 Å². The van der Waals surface area contributed by atoms with Crippen LogP contribution in [0.4, 0.5) is 5.82 Å². The third-order valence-electron chi connectivity index (χ3n) is 5.64. The topological polar surface area (TPSA) is 75.9 Å². The molecule has 0 saturated carbocycles. The quantitative estimate of drug-likeness (QED) is 0.354. The first-order chi connectivity index (χ1) is 15.5. The molecule has 2 saturated heterocycles. The fraction of sp³-hybridized carbons (Fsp3) is 0.478. The summed E-state index contributed by atoms with van der Waals surface area (Å²) in [6.07, 6.45) is 8.54. The summed E-state index contributed by atoms with van der Waals surface area (Å²) in [6.45, 7) is 5.97. The molecule has 2 aliphatic heterocycles. The summed E-state index contributed by atoms with van der Waals surface area (Å²) in [5.41, 5.74) is 1.70. The lowest BCUT2D eigenvalue weighted by atomic mass is 10.2. The van der Waals surface area contributed by atoms with Gasteiger partial charge >= 0.3 is 0 Å². The van der Waals surface area contributed by atoms with Gasteiger partial charge in [0, 0.05) is 19.3 Å². The van der Waals surface area contributed by atoms with Crippen molar-refractivity contribution in [1.29, 1.82) is 0 Å². The summed E-state index contributed by atoms with van der Waals surface area (Å²) < 4.78 is 7.70. The van der Waals surface area contributed by atoms with Gasteiger partial charge in [-0.05, 0) is 43.9 Å². The predicted octanol–water partition coefficient (Wildman–Crippen LogP) is 3.99. The Hall–Kier alpha value is -2.23. The Balaban J connectivity index is 1.69. The van der Waals surface area contributed by atoms with E-state index in [1.54, 1.807) is 17.2 Å². The van der Waals surface area contributed by atoms with Crippen molar-refractivity contribution < 1.29 is 9.53 Å². The van der Waals surface area contributed by atoms with Crippen molar-refractivity contribution in [1.82, 2.24) is 14.3 Å². The molecule has 0 radical (unpaired) electrons. The molecule has 1 N–H and O–H groups in total. The van der Waals surface area contributed by atoms with Gasteiger partial charge in [-0.25, -0.2) is 4.98 Å². The fourth-order valence-electron chi connectivity index (χ4n) is 3.89. The van der Waals surface area contributed by atoms with Crippen LogP contribution in [0.15, 0.2) is 28.0 Å². The second kappa shape index (κ2) is 10.1. The largest absolute Gasteiger partial charge is 0.376 e. The number of aryl methyl sites for hydroxylation is 1. The first-order valence-electron chi connectivity index (χ1n) is 11.1. The smallest absolute Gasteiger partial charge is 0.267 e. The molecule has 2 fully saturated rings. The summed E-state index contributed by atoms with van der Waals surface area (Å²) in [5, 5.41) is 3.31. The van der Waals surface area contributed by atoms with E-state index in [1.165, 1.54) is 16.2 Å². The summed E-state index contributed by atoms with van der Waals surface area (Å²) in [7, 11) is 0. The van der Waals surface area contributed by atoms with E-state index < -0.39 is 0 Å². The minimum Gasteiger partial charge on any atom is -0.376 e. The second-order valence-corrected chi connectivity index (χ2v) is 9.85. The number of ether oxygens (including phenoxy) is 1. The summed E-state index contributed by atoms with van der Waals surface area (Å²) in [4.78, 5) is 33.2. The summed E-state index contributed by atoms with van der Waals surface area (Å²) >= 11 is 6.69. The number of amides is 1. The molecule has 1 amide bonds. The van der Waals surface area contributed by atoms with Gasteiger partial charge in [0.25, 0.3) is 11.5 Å². The Morgan fingerprint density at radius 2 is 2.19 bits per heavy atom. The lowest BCUT2D eigenvalue weighted by Crippen LogP contribution is -2.35. The zero-order chi connectivity index (χ0) is 22.7. The fourth-order valence-corrected chi connectivity index (χ4v) is 5.14. The maximum Gasteiger partial charge on any atom is 0.267 e. The number of fused-ring (bicyclic) bond motifs is 1. The molecular formula is C23H28N4O3S2. The lowest BCUT2D eigenvalue weighted by molar-refractivity contribution is -0.123. The average molecular weight is 473 g/mol. The molecule has 4 heterocycles. The molecule has 9 heteroatoms. The molecule has 0 aliphatic carbocycles. The van der Waals surface area contributed by atoms with E-state index in [1.807, 2.05) is 19.1 Å². The SMILES string of the molecule is CCCCCNc1nc2ccc(C)cn2c(=O)c1C=C1SC(=S)N(CC2CCCO2)C1=O. The van der Waals surface area contributed by atoms with Crippen LogP contribution in [-0.2, 0) is 9.53 Å². The van der Waals surface area contributed by atoms with E-state index in [0.717, 1.165) is 44.3 Å². The van der Waals surface area contributed by atoms with Gasteiger partial charge in [-0.2, -0.15) is 0 Å². The Morgan fingerprint density at radius 3 is 2.94 bits per heavy atom. The van der Waals surface area contributed by atoms with Crippen LogP contribution in [0.1, 0.15) is 50.2 Å². The second-order valence-electron chi connectivity index (χ2n) is 8.18. The number of nitrogens with zero attached hydrogens (tertiary/aromatic N) is 3. The molecule has 2 aromatic heterocycles. The van der Waals surface area contributed by atoms with E-state index in [-0.39, 0.29) is 17.6 Å². The molecule has 2 aromatic rings. The van der Waals surface area contributed by atoms with Crippen LogP contribution in [0.5, 0.6) is 0 Å². The predicted molar refractivity (Wildman–Crippen MR) is 133 cm³/mol. The van der Waals surface area contributed by atoms with Crippen LogP contribution in [0.25, 0.3) is 11.7 Å². The molecule has 0 bridgehead atoms. The van der Waals surface area contributed by atoms with Crippen LogP contribution in [0.2, 0.25) is 0 Å². The van der Waals surface area contributed by atoms with Crippen LogP contribution >= 0.6 is 24.0 Å². The van der Waals surface area contributed by atoms with Crippen LogP contribution in [0.3, 0.4) is 0 Å². The zero-order valence-electron chi connectivity index (χ0n) is 18.4. The minimum atomic E-state index is -0.207. The van der Waals surface area contributed by atoms with Gasteiger partial charge in [0.2, 0.25) is 0 Å². The Kier molecular flexibility index (Phi) is 7.27. The van der Waals surface area contributed by atoms with Gasteiger partial charge in [0.1, 0.15) is 15.8 Å². The van der Waals surface area contributed by atoms with Crippen LogP contribution < -0.4 is 10.9 Å². The standard InChI is InChI=1S/C23H28N4O3S2/c1-3-4-5-10-24-20-17(21(28)26-13-15(2)8-9-19(26)25-20)12-18-22(29)27(23(31)32-18)14-16-7-6-11-30-16/h8-9,12-13,16,24H,3-7,10-11,14H2,1-2H3. The number of nitrogens with one attached hydrogen (secondary N) is 1. The highest BCUT2D eigenvalue weighted by Gasteiger charge is 2.35. The highest BCUT2D eigenvalue weighted by atomic mass is 32.2. The molecule has 32 heavy (non-hydrogen) atoms. The highest BCUT2D eigenvalue weighted by molar-refractivity contribution is 8.26. The Labute approximate surface area is 197 Å². The molecule has 0 spiro atoms. The van der Waals surface area contributed by atoms with Gasteiger partial charge in [-0.15, -0.1) is 0 Å². The number of anilines is 1. The number of rotatable bonds is 8. The molecule has 7 nitrogen and oxygen atoms in total. The Bertz CT molecular complexity index is 1120. The van der Waals surface area contributed by atoms with Crippen LogP contribution in [-0.4, -0.2) is 50.3 Å². The van der Waals surface area contributed by atoms with Gasteiger partial charge in [-0.1, -0.05) is 49.8 Å². The maximum absolute atomic E-state index is 13.4. The number of carbonyl (C=O) groups is 1. The number of pyridine rings is 1. The molecule has 2 aliphatic rings. The highest BCUT2D eigenvalue weighted by Crippen LogP contribution is 2.34. The summed E-state index contributed by atoms with van der Waals surface area (Å²) in [6, 6.07) is 3.76. The van der Waals surface area contributed by atoms with E-state index in [2.05, 4.69) is 17.2 Å². The number of thioether (sulfide) groups is 1. The van der Waals surface area contributed by atoms with Crippen molar-refractivity contribution >= 4 is 51.7 Å². The average Bonchev–Trinajstić information content (AvgIpc) is 3.38. The molecular weight excluding hydrogens is 444 g/mol. The van der Waals surface area contributed by atoms with Crippen molar-refractivity contribution in [2.45, 2.75) is 52.1 Å². The molecule has 0 aromatic carbocycles. The first kappa shape index (κ1) is 22.9. The van der Waals surface area contributed by atoms with Crippen molar-refractivity contribution in [3.63, 3.8) is 0 Å². The number of thiocarbonyl (C=S) groups is 1. The van der Waals surface area contributed by atoms with E-state index in [4.69, 9.17) is 17.0 Å². The molecule has 1 unspecified atom stereocenters. The molecule has 4 rings (SSSR count). The first-order valence-corrected chi connectivity index (χ1v) is 12.3. The number of carbonyl (C=O) groups excluding carboxylic acids is 1. The molecule has 170 valence electrons. The number of hydrogen-bond donors (Lipinski definition) is 1. The van der Waals surface area contributed by atoms with Gasteiger partial charge in [0.05, 0.1) is 23.1 Å². The zero-order valence-corrected chi connectivity index (χ0v) is 20.1. The van der Waals surface area contributed by atoms with Gasteiger partial charge in [-0.3, -0.25) is 18.9 Å². The lowest BCUT2D eigenvalue weighted by Gasteiger charge is -2.18. The van der Waals surface area contributed by atoms with E-state index in [9.17, 15) is 9.59 Å². The Morgan fingerprint density at radius 1 is 1.34 bits per heavy atom. The van der Waals surface area contributed by atoms with Crippen molar-refractivity contribution in [2.75, 3.05) is 25.0 Å². The minimum absolute atomic E-state index is 0.0172.